The summed E-state index contributed by atoms with van der Waals surface area (Å²) in [6.07, 6.45) is 1.40. The molecule has 0 rings (SSSR count). The van der Waals surface area contributed by atoms with E-state index in [1.54, 1.807) is 0 Å². The summed E-state index contributed by atoms with van der Waals surface area (Å²) in [5.41, 5.74) is 0. The van der Waals surface area contributed by atoms with Crippen LogP contribution in [0.25, 0.3) is 0 Å². The van der Waals surface area contributed by atoms with Crippen molar-refractivity contribution >= 4 is 0 Å². The zero-order valence-corrected chi connectivity index (χ0v) is 14.7. The van der Waals surface area contributed by atoms with Gasteiger partial charge in [0, 0.05) is 6.54 Å². The molecule has 0 radical (unpaired) electrons. The first kappa shape index (κ1) is 22.3. The summed E-state index contributed by atoms with van der Waals surface area (Å²) in [6, 6.07) is 0. The quantitative estimate of drug-likeness (QED) is 0.255. The lowest BCUT2D eigenvalue weighted by Crippen LogP contribution is -2.19. The minimum atomic E-state index is 0.521. The Morgan fingerprint density at radius 2 is 0.957 bits per heavy atom. The molecule has 0 heterocycles. The zero-order valence-electron chi connectivity index (χ0n) is 14.7. The second-order valence-corrected chi connectivity index (χ2v) is 4.90. The topological polar surface area (TPSA) is 58.6 Å². The fourth-order valence-electron chi connectivity index (χ4n) is 1.42. The normalized spacial score (nSPS) is 11.1. The van der Waals surface area contributed by atoms with Crippen LogP contribution in [0, 0.1) is 0 Å². The molecule has 0 aliphatic heterocycles. The second kappa shape index (κ2) is 19.3. The van der Waals surface area contributed by atoms with E-state index >= 15 is 0 Å². The maximum Gasteiger partial charge on any atom is 0.111 e. The van der Waals surface area contributed by atoms with Crippen LogP contribution >= 0.6 is 0 Å². The first-order valence-electron chi connectivity index (χ1n) is 8.03. The van der Waals surface area contributed by atoms with Gasteiger partial charge in [-0.3, -0.25) is 0 Å². The minimum Gasteiger partial charge on any atom is -0.499 e. The fraction of sp³-hybridized carbons (Fsp3) is 0.875. The van der Waals surface area contributed by atoms with Crippen LogP contribution < -0.4 is 0 Å². The molecule has 23 heavy (non-hydrogen) atoms. The summed E-state index contributed by atoms with van der Waals surface area (Å²) in [4.78, 5) is 2.08. The summed E-state index contributed by atoms with van der Waals surface area (Å²) in [7, 11) is 4.04. The third kappa shape index (κ3) is 21.3. The van der Waals surface area contributed by atoms with Crippen LogP contribution in [0.2, 0.25) is 0 Å². The van der Waals surface area contributed by atoms with Crippen molar-refractivity contribution < 1.29 is 28.4 Å². The molecule has 0 amide bonds. The molecule has 0 aliphatic carbocycles. The van der Waals surface area contributed by atoms with E-state index in [0.29, 0.717) is 66.1 Å². The van der Waals surface area contributed by atoms with Crippen LogP contribution in [0.1, 0.15) is 0 Å². The Bertz CT molecular complexity index is 241. The molecule has 0 aromatic carbocycles. The Labute approximate surface area is 140 Å². The number of likely N-dealkylation sites (N-methyl/N-ethyl adjacent to an activating group) is 1. The maximum absolute atomic E-state index is 5.41. The Kier molecular flexibility index (Phi) is 18.8. The second-order valence-electron chi connectivity index (χ2n) is 4.90. The van der Waals surface area contributed by atoms with E-state index in [4.69, 9.17) is 28.4 Å². The van der Waals surface area contributed by atoms with Crippen molar-refractivity contribution in [2.24, 2.45) is 0 Å². The first-order valence-corrected chi connectivity index (χ1v) is 8.03. The number of rotatable bonds is 19. The van der Waals surface area contributed by atoms with Gasteiger partial charge in [-0.05, 0) is 14.1 Å². The van der Waals surface area contributed by atoms with Crippen LogP contribution in [0.5, 0.6) is 0 Å². The van der Waals surface area contributed by atoms with E-state index < -0.39 is 0 Å². The molecule has 0 aromatic rings. The molecule has 138 valence electrons. The molecule has 0 aromatic heterocycles. The van der Waals surface area contributed by atoms with Gasteiger partial charge < -0.3 is 33.3 Å². The van der Waals surface area contributed by atoms with Crippen LogP contribution in [-0.4, -0.2) is 98.2 Å². The van der Waals surface area contributed by atoms with Gasteiger partial charge in [-0.1, -0.05) is 6.58 Å². The van der Waals surface area contributed by atoms with Gasteiger partial charge in [0.2, 0.25) is 0 Å². The lowest BCUT2D eigenvalue weighted by Gasteiger charge is -2.10. The highest BCUT2D eigenvalue weighted by Gasteiger charge is 1.94. The SMILES string of the molecule is C=COCCOCCOCCOCCOCCOCCN(C)C. The number of hydrogen-bond acceptors (Lipinski definition) is 7. The molecule has 0 N–H and O–H groups in total. The first-order chi connectivity index (χ1) is 11.3. The van der Waals surface area contributed by atoms with Gasteiger partial charge in [0.05, 0.1) is 72.3 Å². The molecule has 0 spiro atoms. The highest BCUT2D eigenvalue weighted by atomic mass is 16.6. The molecule has 0 bridgehead atoms. The molecule has 0 unspecified atom stereocenters. The van der Waals surface area contributed by atoms with Crippen molar-refractivity contribution in [2.75, 3.05) is 93.3 Å². The summed E-state index contributed by atoms with van der Waals surface area (Å²) in [5.74, 6) is 0. The van der Waals surface area contributed by atoms with E-state index in [2.05, 4.69) is 11.5 Å². The average molecular weight is 335 g/mol. The van der Waals surface area contributed by atoms with Crippen molar-refractivity contribution in [3.63, 3.8) is 0 Å². The Morgan fingerprint density at radius 1 is 0.609 bits per heavy atom. The predicted molar refractivity (Wildman–Crippen MR) is 88.8 cm³/mol. The van der Waals surface area contributed by atoms with Crippen LogP contribution in [0.3, 0.4) is 0 Å². The molecule has 0 saturated carbocycles. The van der Waals surface area contributed by atoms with Crippen molar-refractivity contribution in [3.05, 3.63) is 12.8 Å². The summed E-state index contributed by atoms with van der Waals surface area (Å²) < 4.78 is 31.7. The van der Waals surface area contributed by atoms with Crippen molar-refractivity contribution in [1.29, 1.82) is 0 Å². The van der Waals surface area contributed by atoms with Gasteiger partial charge in [-0.2, -0.15) is 0 Å². The molecule has 0 fully saturated rings. The predicted octanol–water partition coefficient (Wildman–Crippen LogP) is 0.791. The Balaban J connectivity index is 2.96. The van der Waals surface area contributed by atoms with E-state index in [-0.39, 0.29) is 0 Å². The van der Waals surface area contributed by atoms with Crippen molar-refractivity contribution in [2.45, 2.75) is 0 Å². The van der Waals surface area contributed by atoms with Gasteiger partial charge >= 0.3 is 0 Å². The lowest BCUT2D eigenvalue weighted by molar-refractivity contribution is -0.0141. The number of hydrogen-bond donors (Lipinski definition) is 0. The van der Waals surface area contributed by atoms with Gasteiger partial charge in [-0.15, -0.1) is 0 Å². The van der Waals surface area contributed by atoms with E-state index in [1.807, 2.05) is 14.1 Å². The number of ether oxygens (including phenoxy) is 6. The minimum absolute atomic E-state index is 0.521. The lowest BCUT2D eigenvalue weighted by atomic mass is 10.6. The van der Waals surface area contributed by atoms with Gasteiger partial charge in [0.15, 0.2) is 0 Å². The van der Waals surface area contributed by atoms with Crippen LogP contribution in [0.4, 0.5) is 0 Å². The molecular formula is C16H33NO6. The molecule has 0 saturated heterocycles. The van der Waals surface area contributed by atoms with E-state index in [0.717, 1.165) is 13.2 Å². The largest absolute Gasteiger partial charge is 0.499 e. The highest BCUT2D eigenvalue weighted by Crippen LogP contribution is 1.85. The maximum atomic E-state index is 5.41. The van der Waals surface area contributed by atoms with E-state index in [9.17, 15) is 0 Å². The third-order valence-corrected chi connectivity index (χ3v) is 2.63. The Morgan fingerprint density at radius 3 is 1.30 bits per heavy atom. The van der Waals surface area contributed by atoms with Crippen LogP contribution in [-0.2, 0) is 28.4 Å². The monoisotopic (exact) mass is 335 g/mol. The van der Waals surface area contributed by atoms with Crippen molar-refractivity contribution in [3.8, 4) is 0 Å². The average Bonchev–Trinajstić information content (AvgIpc) is 2.53. The summed E-state index contributed by atoms with van der Waals surface area (Å²) in [5, 5.41) is 0. The molecule has 7 nitrogen and oxygen atoms in total. The molecule has 0 atom stereocenters. The number of nitrogens with zero attached hydrogens (tertiary/aromatic N) is 1. The highest BCUT2D eigenvalue weighted by molar-refractivity contribution is 4.47. The molecule has 0 aliphatic rings. The molecular weight excluding hydrogens is 302 g/mol. The molecule has 7 heteroatoms. The zero-order chi connectivity index (χ0) is 17.0. The standard InChI is InChI=1S/C16H33NO6/c1-4-18-7-8-20-11-12-22-15-16-23-14-13-21-10-9-19-6-5-17(2)3/h4H,1,5-16H2,2-3H3. The van der Waals surface area contributed by atoms with Gasteiger partial charge in [-0.25, -0.2) is 0 Å². The van der Waals surface area contributed by atoms with E-state index in [1.165, 1.54) is 6.26 Å². The smallest absolute Gasteiger partial charge is 0.111 e. The van der Waals surface area contributed by atoms with Crippen LogP contribution in [0.15, 0.2) is 12.8 Å². The fourth-order valence-corrected chi connectivity index (χ4v) is 1.42. The third-order valence-electron chi connectivity index (χ3n) is 2.63. The Hall–Kier alpha value is -0.700. The van der Waals surface area contributed by atoms with Gasteiger partial charge in [0.25, 0.3) is 0 Å². The van der Waals surface area contributed by atoms with Crippen molar-refractivity contribution in [1.82, 2.24) is 4.90 Å². The van der Waals surface area contributed by atoms with Gasteiger partial charge in [0.1, 0.15) is 6.61 Å². The summed E-state index contributed by atoms with van der Waals surface area (Å²) >= 11 is 0. The summed E-state index contributed by atoms with van der Waals surface area (Å²) in [6.45, 7) is 10.7.